The highest BCUT2D eigenvalue weighted by molar-refractivity contribution is 5.85. The van der Waals surface area contributed by atoms with Gasteiger partial charge in [0.2, 0.25) is 5.91 Å². The Morgan fingerprint density at radius 2 is 1.83 bits per heavy atom. The van der Waals surface area contributed by atoms with E-state index in [-0.39, 0.29) is 30.9 Å². The Labute approximate surface area is 150 Å². The van der Waals surface area contributed by atoms with Gasteiger partial charge in [0.05, 0.1) is 6.04 Å². The lowest BCUT2D eigenvalue weighted by molar-refractivity contribution is -0.132. The molecule has 0 aliphatic carbocycles. The minimum Gasteiger partial charge on any atom is -0.367 e. The molecule has 1 N–H and O–H groups in total. The summed E-state index contributed by atoms with van der Waals surface area (Å²) >= 11 is 0. The number of nitrogens with one attached hydrogen (secondary N) is 1. The van der Waals surface area contributed by atoms with Gasteiger partial charge in [-0.15, -0.1) is 24.8 Å². The van der Waals surface area contributed by atoms with Gasteiger partial charge >= 0.3 is 0 Å². The van der Waals surface area contributed by atoms with Crippen molar-refractivity contribution in [2.24, 2.45) is 0 Å². The van der Waals surface area contributed by atoms with Crippen LogP contribution in [0.5, 0.6) is 0 Å². The molecule has 3 aliphatic rings. The van der Waals surface area contributed by atoms with Crippen LogP contribution < -0.4 is 10.2 Å². The maximum Gasteiger partial charge on any atom is 0.239 e. The van der Waals surface area contributed by atoms with E-state index in [0.717, 1.165) is 39.0 Å². The molecule has 4 rings (SSSR count). The third kappa shape index (κ3) is 3.44. The van der Waals surface area contributed by atoms with Gasteiger partial charge in [-0.2, -0.15) is 0 Å². The Morgan fingerprint density at radius 3 is 2.61 bits per heavy atom. The van der Waals surface area contributed by atoms with Crippen molar-refractivity contribution in [3.05, 3.63) is 29.8 Å². The molecule has 1 aromatic rings. The van der Waals surface area contributed by atoms with Crippen LogP contribution in [0.15, 0.2) is 24.3 Å². The van der Waals surface area contributed by atoms with Crippen molar-refractivity contribution in [3.8, 4) is 0 Å². The molecule has 1 aromatic carbocycles. The third-order valence-corrected chi connectivity index (χ3v) is 5.19. The van der Waals surface area contributed by atoms with Crippen LogP contribution in [0.3, 0.4) is 0 Å². The minimum atomic E-state index is 0. The molecular formula is C17H25Cl2N3O. The van der Waals surface area contributed by atoms with Gasteiger partial charge in [-0.25, -0.2) is 0 Å². The zero-order valence-corrected chi connectivity index (χ0v) is 14.9. The summed E-state index contributed by atoms with van der Waals surface area (Å²) < 4.78 is 0. The van der Waals surface area contributed by atoms with Gasteiger partial charge in [-0.1, -0.05) is 18.2 Å². The maximum atomic E-state index is 12.5. The molecule has 2 atom stereocenters. The van der Waals surface area contributed by atoms with Gasteiger partial charge in [0, 0.05) is 37.9 Å². The summed E-state index contributed by atoms with van der Waals surface area (Å²) in [5.41, 5.74) is 2.82. The van der Waals surface area contributed by atoms with Crippen molar-refractivity contribution in [2.45, 2.75) is 37.8 Å². The summed E-state index contributed by atoms with van der Waals surface area (Å²) in [6, 6.07) is 9.18. The Balaban J connectivity index is 0.000000960. The third-order valence-electron chi connectivity index (χ3n) is 5.19. The number of rotatable bonds is 2. The van der Waals surface area contributed by atoms with Gasteiger partial charge in [0.1, 0.15) is 0 Å². The lowest BCUT2D eigenvalue weighted by atomic mass is 10.1. The molecule has 4 nitrogen and oxygen atoms in total. The fourth-order valence-electron chi connectivity index (χ4n) is 4.04. The van der Waals surface area contributed by atoms with Crippen molar-refractivity contribution in [2.75, 3.05) is 31.1 Å². The predicted octanol–water partition coefficient (Wildman–Crippen LogP) is 2.25. The monoisotopic (exact) mass is 357 g/mol. The number of amides is 1. The number of carbonyl (C=O) groups excluding carboxylic acids is 1. The average molecular weight is 358 g/mol. The van der Waals surface area contributed by atoms with Crippen LogP contribution in [-0.4, -0.2) is 49.1 Å². The highest BCUT2D eigenvalue weighted by atomic mass is 35.5. The van der Waals surface area contributed by atoms with Crippen molar-refractivity contribution in [3.63, 3.8) is 0 Å². The fraction of sp³-hybridized carbons (Fsp3) is 0.588. The Kier molecular flexibility index (Phi) is 6.18. The molecule has 0 spiro atoms. The lowest BCUT2D eigenvalue weighted by Crippen LogP contribution is -2.42. The molecule has 1 amide bonds. The second-order valence-corrected chi connectivity index (χ2v) is 6.45. The normalized spacial score (nSPS) is 25.7. The van der Waals surface area contributed by atoms with E-state index >= 15 is 0 Å². The van der Waals surface area contributed by atoms with Gasteiger partial charge in [-0.05, 0) is 37.3 Å². The van der Waals surface area contributed by atoms with Crippen LogP contribution in [0, 0.1) is 0 Å². The first-order valence-electron chi connectivity index (χ1n) is 8.19. The number of para-hydroxylation sites is 1. The number of benzene rings is 1. The van der Waals surface area contributed by atoms with Gasteiger partial charge < -0.3 is 15.1 Å². The molecule has 0 radical (unpaired) electrons. The van der Waals surface area contributed by atoms with Gasteiger partial charge in [0.15, 0.2) is 0 Å². The summed E-state index contributed by atoms with van der Waals surface area (Å²) in [5.74, 6) is 0.322. The molecule has 6 heteroatoms. The summed E-state index contributed by atoms with van der Waals surface area (Å²) in [5, 5.41) is 3.46. The standard InChI is InChI=1S/C17H23N3O.2ClH/c21-17(19-8-3-4-9-19)15-11-14(12-18-15)20-10-7-13-5-1-2-6-16(13)20;;/h1-2,5-6,14-15,18H,3-4,7-12H2;2*1H/t14-,15-;;/m0../s1. The van der Waals surface area contributed by atoms with Crippen molar-refractivity contribution >= 4 is 36.4 Å². The van der Waals surface area contributed by atoms with Crippen molar-refractivity contribution in [1.29, 1.82) is 0 Å². The van der Waals surface area contributed by atoms with E-state index < -0.39 is 0 Å². The van der Waals surface area contributed by atoms with E-state index in [0.29, 0.717) is 11.9 Å². The van der Waals surface area contributed by atoms with E-state index in [9.17, 15) is 4.79 Å². The van der Waals surface area contributed by atoms with E-state index in [2.05, 4.69) is 34.5 Å². The van der Waals surface area contributed by atoms with Crippen LogP contribution in [0.25, 0.3) is 0 Å². The first-order chi connectivity index (χ1) is 10.3. The molecule has 2 fully saturated rings. The number of anilines is 1. The number of hydrogen-bond acceptors (Lipinski definition) is 3. The van der Waals surface area contributed by atoms with Crippen LogP contribution in [0.1, 0.15) is 24.8 Å². The Morgan fingerprint density at radius 1 is 1.09 bits per heavy atom. The summed E-state index contributed by atoms with van der Waals surface area (Å²) in [6.07, 6.45) is 4.42. The molecule has 3 aliphatic heterocycles. The molecular weight excluding hydrogens is 333 g/mol. The van der Waals surface area contributed by atoms with E-state index in [4.69, 9.17) is 0 Å². The van der Waals surface area contributed by atoms with Gasteiger partial charge in [-0.3, -0.25) is 4.79 Å². The number of nitrogens with zero attached hydrogens (tertiary/aromatic N) is 2. The number of carbonyl (C=O) groups is 1. The number of fused-ring (bicyclic) bond motifs is 1. The van der Waals surface area contributed by atoms with E-state index in [1.807, 2.05) is 4.90 Å². The zero-order valence-electron chi connectivity index (χ0n) is 13.2. The predicted molar refractivity (Wildman–Crippen MR) is 98.0 cm³/mol. The summed E-state index contributed by atoms with van der Waals surface area (Å²) in [6.45, 7) is 3.93. The highest BCUT2D eigenvalue weighted by Crippen LogP contribution is 2.31. The summed E-state index contributed by atoms with van der Waals surface area (Å²) in [7, 11) is 0. The van der Waals surface area contributed by atoms with Crippen molar-refractivity contribution in [1.82, 2.24) is 10.2 Å². The average Bonchev–Trinajstić information content (AvgIpc) is 3.25. The van der Waals surface area contributed by atoms with Crippen molar-refractivity contribution < 1.29 is 4.79 Å². The molecule has 0 unspecified atom stereocenters. The molecule has 23 heavy (non-hydrogen) atoms. The van der Waals surface area contributed by atoms with Crippen LogP contribution in [-0.2, 0) is 11.2 Å². The SMILES string of the molecule is Cl.Cl.O=C([C@@H]1C[C@H](N2CCc3ccccc32)CN1)N1CCCC1. The Bertz CT molecular complexity index is 548. The second kappa shape index (κ2) is 7.73. The molecule has 0 aromatic heterocycles. The van der Waals surface area contributed by atoms with Crippen LogP contribution in [0.4, 0.5) is 5.69 Å². The highest BCUT2D eigenvalue weighted by Gasteiger charge is 2.37. The molecule has 3 heterocycles. The van der Waals surface area contributed by atoms with E-state index in [1.165, 1.54) is 24.1 Å². The summed E-state index contributed by atoms with van der Waals surface area (Å²) in [4.78, 5) is 17.0. The molecule has 0 saturated carbocycles. The van der Waals surface area contributed by atoms with Crippen LogP contribution in [0.2, 0.25) is 0 Å². The number of likely N-dealkylation sites (tertiary alicyclic amines) is 1. The first kappa shape index (κ1) is 18.4. The molecule has 2 saturated heterocycles. The minimum absolute atomic E-state index is 0. The Hall–Kier alpha value is -0.970. The topological polar surface area (TPSA) is 35.6 Å². The van der Waals surface area contributed by atoms with Crippen LogP contribution >= 0.6 is 24.8 Å². The second-order valence-electron chi connectivity index (χ2n) is 6.45. The first-order valence-corrected chi connectivity index (χ1v) is 8.19. The number of hydrogen-bond donors (Lipinski definition) is 1. The lowest BCUT2D eigenvalue weighted by Gasteiger charge is -2.26. The van der Waals surface area contributed by atoms with E-state index in [1.54, 1.807) is 0 Å². The zero-order chi connectivity index (χ0) is 14.2. The number of halogens is 2. The molecule has 0 bridgehead atoms. The fourth-order valence-corrected chi connectivity index (χ4v) is 4.04. The smallest absolute Gasteiger partial charge is 0.239 e. The van der Waals surface area contributed by atoms with Gasteiger partial charge in [0.25, 0.3) is 0 Å². The quantitative estimate of drug-likeness (QED) is 0.881. The maximum absolute atomic E-state index is 12.5. The molecule has 128 valence electrons. The largest absolute Gasteiger partial charge is 0.367 e.